The molecule has 2 saturated heterocycles. The van der Waals surface area contributed by atoms with Crippen LogP contribution in [-0.4, -0.2) is 61.7 Å². The molecule has 0 N–H and O–H groups in total. The Morgan fingerprint density at radius 3 is 2.17 bits per heavy atom. The van der Waals surface area contributed by atoms with Crippen molar-refractivity contribution < 1.29 is 18.0 Å². The van der Waals surface area contributed by atoms with Crippen LogP contribution in [0.15, 0.2) is 23.1 Å². The van der Waals surface area contributed by atoms with Crippen LogP contribution in [0.1, 0.15) is 51.0 Å². The Bertz CT molecular complexity index is 903. The fraction of sp³-hybridized carbons (Fsp3) is 0.619. The van der Waals surface area contributed by atoms with Crippen molar-refractivity contribution in [3.05, 3.63) is 23.8 Å². The number of amides is 2. The largest absolute Gasteiger partial charge is 0.341 e. The summed E-state index contributed by atoms with van der Waals surface area (Å²) in [4.78, 5) is 29.1. The highest BCUT2D eigenvalue weighted by Crippen LogP contribution is 2.36. The molecular weight excluding hydrogens is 390 g/mol. The number of benzene rings is 1. The second-order valence-electron chi connectivity index (χ2n) is 8.25. The van der Waals surface area contributed by atoms with E-state index in [4.69, 9.17) is 0 Å². The fourth-order valence-electron chi connectivity index (χ4n) is 4.75. The normalized spacial score (nSPS) is 23.1. The molecule has 2 fully saturated rings. The van der Waals surface area contributed by atoms with Gasteiger partial charge in [-0.05, 0) is 55.9 Å². The lowest BCUT2D eigenvalue weighted by molar-refractivity contribution is -0.135. The summed E-state index contributed by atoms with van der Waals surface area (Å²) in [7, 11) is -3.54. The van der Waals surface area contributed by atoms with E-state index in [1.165, 1.54) is 6.92 Å². The van der Waals surface area contributed by atoms with Crippen molar-refractivity contribution in [2.45, 2.75) is 62.8 Å². The van der Waals surface area contributed by atoms with Crippen molar-refractivity contribution in [1.29, 1.82) is 0 Å². The lowest BCUT2D eigenvalue weighted by Crippen LogP contribution is -2.50. The van der Waals surface area contributed by atoms with Gasteiger partial charge in [-0.3, -0.25) is 14.5 Å². The smallest absolute Gasteiger partial charge is 0.246 e. The third-order valence-electron chi connectivity index (χ3n) is 6.28. The number of hydrogen-bond donors (Lipinski definition) is 0. The molecule has 8 heteroatoms. The van der Waals surface area contributed by atoms with Crippen LogP contribution < -0.4 is 4.90 Å². The predicted molar refractivity (Wildman–Crippen MR) is 110 cm³/mol. The molecule has 3 aliphatic heterocycles. The number of likely N-dealkylation sites (tertiary alicyclic amines) is 1. The zero-order valence-corrected chi connectivity index (χ0v) is 17.8. The van der Waals surface area contributed by atoms with Crippen molar-refractivity contribution in [3.63, 3.8) is 0 Å². The van der Waals surface area contributed by atoms with Crippen LogP contribution in [0.5, 0.6) is 0 Å². The van der Waals surface area contributed by atoms with Gasteiger partial charge in [0.2, 0.25) is 21.8 Å². The highest BCUT2D eigenvalue weighted by Gasteiger charge is 2.40. The van der Waals surface area contributed by atoms with Gasteiger partial charge in [-0.1, -0.05) is 6.42 Å². The number of carbonyl (C=O) groups is 2. The summed E-state index contributed by atoms with van der Waals surface area (Å²) in [6.45, 7) is 4.02. The average Bonchev–Trinajstić information content (AvgIpc) is 3.13. The van der Waals surface area contributed by atoms with E-state index in [1.807, 2.05) is 4.90 Å². The number of nitrogens with zero attached hydrogens (tertiary/aromatic N) is 3. The summed E-state index contributed by atoms with van der Waals surface area (Å²) < 4.78 is 27.6. The maximum Gasteiger partial charge on any atom is 0.246 e. The van der Waals surface area contributed by atoms with Crippen molar-refractivity contribution in [2.24, 2.45) is 0 Å². The van der Waals surface area contributed by atoms with Crippen LogP contribution in [-0.2, 0) is 26.0 Å². The molecular formula is C21H29N3O4S. The number of hydrogen-bond acceptors (Lipinski definition) is 4. The lowest BCUT2D eigenvalue weighted by atomic mass is 10.1. The Morgan fingerprint density at radius 2 is 1.55 bits per heavy atom. The van der Waals surface area contributed by atoms with Crippen LogP contribution in [0.2, 0.25) is 0 Å². The SMILES string of the molecule is CC(=O)N1c2ccc(S(=O)(=O)N3CCCCC3)cc2C[C@H]1C(=O)N1CCCCC1. The minimum absolute atomic E-state index is 0.0310. The number of anilines is 1. The molecule has 0 bridgehead atoms. The highest BCUT2D eigenvalue weighted by molar-refractivity contribution is 7.89. The Hall–Kier alpha value is -1.93. The number of fused-ring (bicyclic) bond motifs is 1. The molecule has 1 aromatic carbocycles. The Labute approximate surface area is 172 Å². The van der Waals surface area contributed by atoms with E-state index >= 15 is 0 Å². The first-order valence-electron chi connectivity index (χ1n) is 10.6. The summed E-state index contributed by atoms with van der Waals surface area (Å²) >= 11 is 0. The third kappa shape index (κ3) is 3.80. The minimum Gasteiger partial charge on any atom is -0.341 e. The summed E-state index contributed by atoms with van der Waals surface area (Å²) in [5, 5.41) is 0. The molecule has 0 aliphatic carbocycles. The van der Waals surface area contributed by atoms with Crippen molar-refractivity contribution in [3.8, 4) is 0 Å². The van der Waals surface area contributed by atoms with Gasteiger partial charge in [0.1, 0.15) is 6.04 Å². The van der Waals surface area contributed by atoms with Gasteiger partial charge < -0.3 is 4.90 Å². The van der Waals surface area contributed by atoms with E-state index < -0.39 is 16.1 Å². The van der Waals surface area contributed by atoms with E-state index in [2.05, 4.69) is 0 Å². The van der Waals surface area contributed by atoms with E-state index in [0.29, 0.717) is 25.2 Å². The maximum atomic E-state index is 13.1. The number of piperidine rings is 2. The van der Waals surface area contributed by atoms with Crippen molar-refractivity contribution in [2.75, 3.05) is 31.1 Å². The van der Waals surface area contributed by atoms with Crippen molar-refractivity contribution >= 4 is 27.5 Å². The molecule has 29 heavy (non-hydrogen) atoms. The van der Waals surface area contributed by atoms with Gasteiger partial charge in [-0.2, -0.15) is 4.31 Å². The molecule has 3 aliphatic rings. The number of carbonyl (C=O) groups excluding carboxylic acids is 2. The standard InChI is InChI=1S/C21H29N3O4S/c1-16(25)24-19-9-8-18(29(27,28)23-12-6-3-7-13-23)14-17(19)15-20(24)21(26)22-10-4-2-5-11-22/h8-9,14,20H,2-7,10-13,15H2,1H3/t20-/m0/s1. The van der Waals surface area contributed by atoms with Crippen LogP contribution in [0.4, 0.5) is 5.69 Å². The van der Waals surface area contributed by atoms with Gasteiger partial charge in [0.05, 0.1) is 4.90 Å². The molecule has 3 heterocycles. The molecule has 0 unspecified atom stereocenters. The van der Waals surface area contributed by atoms with Crippen LogP contribution in [0.3, 0.4) is 0 Å². The van der Waals surface area contributed by atoms with Crippen LogP contribution in [0, 0.1) is 0 Å². The lowest BCUT2D eigenvalue weighted by Gasteiger charge is -2.32. The monoisotopic (exact) mass is 419 g/mol. The first-order chi connectivity index (χ1) is 13.9. The van der Waals surface area contributed by atoms with E-state index in [9.17, 15) is 18.0 Å². The van der Waals surface area contributed by atoms with E-state index in [0.717, 1.165) is 57.2 Å². The molecule has 0 spiro atoms. The van der Waals surface area contributed by atoms with Crippen molar-refractivity contribution in [1.82, 2.24) is 9.21 Å². The molecule has 1 atom stereocenters. The van der Waals surface area contributed by atoms with Crippen LogP contribution in [0.25, 0.3) is 0 Å². The average molecular weight is 420 g/mol. The summed E-state index contributed by atoms with van der Waals surface area (Å²) in [6.07, 6.45) is 6.30. The fourth-order valence-corrected chi connectivity index (χ4v) is 6.32. The molecule has 0 radical (unpaired) electrons. The predicted octanol–water partition coefficient (Wildman–Crippen LogP) is 2.15. The van der Waals surface area contributed by atoms with Gasteiger partial charge in [0.15, 0.2) is 0 Å². The van der Waals surface area contributed by atoms with Gasteiger partial charge >= 0.3 is 0 Å². The van der Waals surface area contributed by atoms with Gasteiger partial charge in [0, 0.05) is 45.2 Å². The van der Waals surface area contributed by atoms with Gasteiger partial charge in [0.25, 0.3) is 0 Å². The maximum absolute atomic E-state index is 13.1. The second kappa shape index (κ2) is 8.07. The summed E-state index contributed by atoms with van der Waals surface area (Å²) in [5.41, 5.74) is 1.42. The summed E-state index contributed by atoms with van der Waals surface area (Å²) in [5.74, 6) is -0.220. The molecule has 158 valence electrons. The molecule has 0 saturated carbocycles. The Kier molecular flexibility index (Phi) is 5.66. The summed E-state index contributed by atoms with van der Waals surface area (Å²) in [6, 6.07) is 4.36. The van der Waals surface area contributed by atoms with E-state index in [1.54, 1.807) is 27.4 Å². The molecule has 0 aromatic heterocycles. The molecule has 2 amide bonds. The first kappa shape index (κ1) is 20.3. The zero-order chi connectivity index (χ0) is 20.6. The topological polar surface area (TPSA) is 78.0 Å². The molecule has 4 rings (SSSR count). The Morgan fingerprint density at radius 1 is 0.931 bits per heavy atom. The minimum atomic E-state index is -3.54. The first-order valence-corrected chi connectivity index (χ1v) is 12.1. The zero-order valence-electron chi connectivity index (χ0n) is 17.0. The van der Waals surface area contributed by atoms with E-state index in [-0.39, 0.29) is 16.7 Å². The molecule has 1 aromatic rings. The number of sulfonamides is 1. The quantitative estimate of drug-likeness (QED) is 0.752. The van der Waals surface area contributed by atoms with Gasteiger partial charge in [-0.25, -0.2) is 8.42 Å². The highest BCUT2D eigenvalue weighted by atomic mass is 32.2. The van der Waals surface area contributed by atoms with Gasteiger partial charge in [-0.15, -0.1) is 0 Å². The Balaban J connectivity index is 1.62. The second-order valence-corrected chi connectivity index (χ2v) is 10.2. The molecule has 7 nitrogen and oxygen atoms in total. The van der Waals surface area contributed by atoms with Crippen LogP contribution >= 0.6 is 0 Å². The third-order valence-corrected chi connectivity index (χ3v) is 8.17. The number of rotatable bonds is 3.